The normalized spacial score (nSPS) is 11.0. The third kappa shape index (κ3) is 5.66. The van der Waals surface area contributed by atoms with E-state index < -0.39 is 21.7 Å². The molecule has 1 amide bonds. The highest BCUT2D eigenvalue weighted by atomic mass is 32.2. The van der Waals surface area contributed by atoms with Crippen LogP contribution in [-0.4, -0.2) is 43.8 Å². The third-order valence-electron chi connectivity index (χ3n) is 4.04. The maximum atomic E-state index is 12.3. The number of anilines is 1. The molecule has 0 radical (unpaired) electrons. The molecule has 0 atom stereocenters. The quantitative estimate of drug-likeness (QED) is 0.516. The lowest BCUT2D eigenvalue weighted by molar-refractivity contribution is -0.115. The summed E-state index contributed by atoms with van der Waals surface area (Å²) in [6.07, 6.45) is 0.825. The van der Waals surface area contributed by atoms with E-state index in [4.69, 9.17) is 14.0 Å². The molecule has 0 aliphatic rings. The lowest BCUT2D eigenvalue weighted by Gasteiger charge is -2.08. The highest BCUT2D eigenvalue weighted by Gasteiger charge is 2.20. The standard InChI is InChI=1S/C20H19N3O7S/c1-28-15-9-5-4-8-14(15)21-18(24)11-17-22-19(30-23-17)12-29-20(25)13-7-3-6-10-16(13)31(2,26)27/h3-10H,11-12H2,1-2H3,(H,21,24). The predicted octanol–water partition coefficient (Wildman–Crippen LogP) is 2.02. The fraction of sp³-hybridized carbons (Fsp3) is 0.200. The number of aromatic nitrogens is 2. The van der Waals surface area contributed by atoms with Crippen LogP contribution in [0.4, 0.5) is 5.69 Å². The predicted molar refractivity (Wildman–Crippen MR) is 108 cm³/mol. The van der Waals surface area contributed by atoms with E-state index in [-0.39, 0.29) is 35.2 Å². The van der Waals surface area contributed by atoms with Crippen molar-refractivity contribution in [3.63, 3.8) is 0 Å². The molecule has 0 aliphatic heterocycles. The number of nitrogens with one attached hydrogen (secondary N) is 1. The van der Waals surface area contributed by atoms with Gasteiger partial charge in [0.05, 0.1) is 29.7 Å². The number of esters is 1. The third-order valence-corrected chi connectivity index (χ3v) is 5.20. The molecule has 0 unspecified atom stereocenters. The first-order chi connectivity index (χ1) is 14.8. The Kier molecular flexibility index (Phi) is 6.65. The first-order valence-electron chi connectivity index (χ1n) is 8.98. The largest absolute Gasteiger partial charge is 0.495 e. The van der Waals surface area contributed by atoms with Gasteiger partial charge in [-0.25, -0.2) is 13.2 Å². The first kappa shape index (κ1) is 22.0. The van der Waals surface area contributed by atoms with Crippen molar-refractivity contribution in [2.24, 2.45) is 0 Å². The van der Waals surface area contributed by atoms with Crippen LogP contribution in [0.2, 0.25) is 0 Å². The second-order valence-electron chi connectivity index (χ2n) is 6.37. The van der Waals surface area contributed by atoms with Crippen molar-refractivity contribution in [1.82, 2.24) is 10.1 Å². The van der Waals surface area contributed by atoms with E-state index in [2.05, 4.69) is 15.5 Å². The van der Waals surface area contributed by atoms with Gasteiger partial charge < -0.3 is 19.3 Å². The Bertz CT molecular complexity index is 1200. The molecule has 11 heteroatoms. The molecule has 1 aromatic heterocycles. The molecule has 10 nitrogen and oxygen atoms in total. The number of methoxy groups -OCH3 is 1. The molecule has 1 N–H and O–H groups in total. The monoisotopic (exact) mass is 445 g/mol. The van der Waals surface area contributed by atoms with Crippen LogP contribution in [-0.2, 0) is 32.4 Å². The van der Waals surface area contributed by atoms with Gasteiger partial charge in [-0.05, 0) is 24.3 Å². The second kappa shape index (κ2) is 9.39. The zero-order valence-corrected chi connectivity index (χ0v) is 17.5. The van der Waals surface area contributed by atoms with Gasteiger partial charge >= 0.3 is 5.97 Å². The van der Waals surface area contributed by atoms with Gasteiger partial charge in [0.25, 0.3) is 5.89 Å². The minimum atomic E-state index is -3.61. The van der Waals surface area contributed by atoms with Crippen LogP contribution in [0.25, 0.3) is 0 Å². The fourth-order valence-corrected chi connectivity index (χ4v) is 3.55. The van der Waals surface area contributed by atoms with E-state index >= 15 is 0 Å². The summed E-state index contributed by atoms with van der Waals surface area (Å²) in [5, 5.41) is 6.37. The van der Waals surface area contributed by atoms with Gasteiger partial charge in [-0.3, -0.25) is 4.79 Å². The summed E-state index contributed by atoms with van der Waals surface area (Å²) in [6, 6.07) is 12.6. The first-order valence-corrected chi connectivity index (χ1v) is 10.9. The van der Waals surface area contributed by atoms with Crippen molar-refractivity contribution >= 4 is 27.4 Å². The number of para-hydroxylation sites is 2. The summed E-state index contributed by atoms with van der Waals surface area (Å²) in [7, 11) is -2.12. The molecule has 0 aliphatic carbocycles. The van der Waals surface area contributed by atoms with Crippen LogP contribution >= 0.6 is 0 Å². The van der Waals surface area contributed by atoms with Gasteiger partial charge in [-0.15, -0.1) is 0 Å². The minimum absolute atomic E-state index is 0.0368. The summed E-state index contributed by atoms with van der Waals surface area (Å²) >= 11 is 0. The highest BCUT2D eigenvalue weighted by molar-refractivity contribution is 7.90. The average Bonchev–Trinajstić information content (AvgIpc) is 3.19. The van der Waals surface area contributed by atoms with E-state index in [9.17, 15) is 18.0 Å². The number of hydrogen-bond acceptors (Lipinski definition) is 9. The number of hydrogen-bond donors (Lipinski definition) is 1. The fourth-order valence-electron chi connectivity index (χ4n) is 2.67. The van der Waals surface area contributed by atoms with Gasteiger partial charge in [0.2, 0.25) is 5.91 Å². The summed E-state index contributed by atoms with van der Waals surface area (Å²) in [4.78, 5) is 28.4. The number of carbonyl (C=O) groups is 2. The number of sulfone groups is 1. The molecule has 31 heavy (non-hydrogen) atoms. The number of ether oxygens (including phenoxy) is 2. The molecule has 0 saturated heterocycles. The summed E-state index contributed by atoms with van der Waals surface area (Å²) in [5.41, 5.74) is 0.401. The minimum Gasteiger partial charge on any atom is -0.495 e. The number of benzene rings is 2. The average molecular weight is 445 g/mol. The number of rotatable bonds is 8. The molecule has 3 aromatic rings. The van der Waals surface area contributed by atoms with Crippen LogP contribution in [0.15, 0.2) is 57.9 Å². The van der Waals surface area contributed by atoms with Crippen molar-refractivity contribution in [2.45, 2.75) is 17.9 Å². The summed E-state index contributed by atoms with van der Waals surface area (Å²) in [6.45, 7) is -0.377. The summed E-state index contributed by atoms with van der Waals surface area (Å²) < 4.78 is 38.9. The van der Waals surface area contributed by atoms with Crippen molar-refractivity contribution in [3.05, 3.63) is 65.8 Å². The maximum Gasteiger partial charge on any atom is 0.339 e. The molecular formula is C20H19N3O7S. The molecule has 0 saturated carbocycles. The van der Waals surface area contributed by atoms with Crippen molar-refractivity contribution in [1.29, 1.82) is 0 Å². The van der Waals surface area contributed by atoms with Crippen LogP contribution in [0, 0.1) is 0 Å². The lowest BCUT2D eigenvalue weighted by Crippen LogP contribution is -2.16. The van der Waals surface area contributed by atoms with Gasteiger partial charge in [0.1, 0.15) is 5.75 Å². The van der Waals surface area contributed by atoms with Crippen LogP contribution < -0.4 is 10.1 Å². The molecule has 0 bridgehead atoms. The van der Waals surface area contributed by atoms with E-state index in [1.807, 2.05) is 0 Å². The Morgan fingerprint density at radius 2 is 1.81 bits per heavy atom. The van der Waals surface area contributed by atoms with E-state index in [1.54, 1.807) is 24.3 Å². The van der Waals surface area contributed by atoms with E-state index in [0.717, 1.165) is 6.26 Å². The molecule has 2 aromatic carbocycles. The molecule has 162 valence electrons. The highest BCUT2D eigenvalue weighted by Crippen LogP contribution is 2.23. The van der Waals surface area contributed by atoms with Gasteiger partial charge in [-0.2, -0.15) is 4.98 Å². The zero-order chi connectivity index (χ0) is 22.4. The lowest BCUT2D eigenvalue weighted by atomic mass is 10.2. The molecule has 0 spiro atoms. The van der Waals surface area contributed by atoms with Gasteiger partial charge in [-0.1, -0.05) is 29.4 Å². The van der Waals surface area contributed by atoms with Crippen molar-refractivity contribution in [2.75, 3.05) is 18.7 Å². The Balaban J connectivity index is 1.59. The number of carbonyl (C=O) groups excluding carboxylic acids is 2. The van der Waals surface area contributed by atoms with Gasteiger partial charge in [0.15, 0.2) is 22.3 Å². The van der Waals surface area contributed by atoms with Crippen LogP contribution in [0.3, 0.4) is 0 Å². The van der Waals surface area contributed by atoms with Crippen LogP contribution in [0.1, 0.15) is 22.1 Å². The Morgan fingerprint density at radius 3 is 2.55 bits per heavy atom. The van der Waals surface area contributed by atoms with E-state index in [1.165, 1.54) is 31.4 Å². The topological polar surface area (TPSA) is 138 Å². The Hall–Kier alpha value is -3.73. The van der Waals surface area contributed by atoms with Crippen molar-refractivity contribution in [3.8, 4) is 5.75 Å². The smallest absolute Gasteiger partial charge is 0.339 e. The second-order valence-corrected chi connectivity index (χ2v) is 8.36. The molecule has 0 fully saturated rings. The van der Waals surface area contributed by atoms with Crippen molar-refractivity contribution < 1.29 is 32.0 Å². The van der Waals surface area contributed by atoms with E-state index in [0.29, 0.717) is 11.4 Å². The van der Waals surface area contributed by atoms with Gasteiger partial charge in [0, 0.05) is 6.26 Å². The Morgan fingerprint density at radius 1 is 1.10 bits per heavy atom. The Labute approximate surface area is 178 Å². The zero-order valence-electron chi connectivity index (χ0n) is 16.7. The SMILES string of the molecule is COc1ccccc1NC(=O)Cc1noc(COC(=O)c2ccccc2S(C)(=O)=O)n1. The molecular weight excluding hydrogens is 426 g/mol. The number of nitrogens with zero attached hydrogens (tertiary/aromatic N) is 2. The molecule has 3 rings (SSSR count). The number of amides is 1. The van der Waals surface area contributed by atoms with Crippen LogP contribution in [0.5, 0.6) is 5.75 Å². The maximum absolute atomic E-state index is 12.3. The molecule has 1 heterocycles. The summed E-state index contributed by atoms with van der Waals surface area (Å²) in [5.74, 6) is -0.684.